The van der Waals surface area contributed by atoms with E-state index in [9.17, 15) is 0 Å². The Morgan fingerprint density at radius 1 is 1.03 bits per heavy atom. The molecule has 0 saturated carbocycles. The van der Waals surface area contributed by atoms with Gasteiger partial charge in [-0.1, -0.05) is 45.7 Å². The Bertz CT molecular complexity index is 1020. The fraction of sp³-hybridized carbons (Fsp3) is 0.174. The van der Waals surface area contributed by atoms with Crippen LogP contribution in [0.25, 0.3) is 0 Å². The van der Waals surface area contributed by atoms with E-state index in [1.807, 2.05) is 68.4 Å². The summed E-state index contributed by atoms with van der Waals surface area (Å²) in [7, 11) is 0. The van der Waals surface area contributed by atoms with Crippen LogP contribution in [0.3, 0.4) is 0 Å². The third kappa shape index (κ3) is 5.84. The van der Waals surface area contributed by atoms with Crippen LogP contribution in [0.4, 0.5) is 5.69 Å². The third-order valence-electron chi connectivity index (χ3n) is 4.22. The van der Waals surface area contributed by atoms with Crippen molar-refractivity contribution in [3.05, 3.63) is 85.3 Å². The molecular formula is C23H20Br2ClNO2. The summed E-state index contributed by atoms with van der Waals surface area (Å²) in [6.45, 7) is 4.88. The molecule has 150 valence electrons. The molecule has 0 aliphatic heterocycles. The monoisotopic (exact) mass is 535 g/mol. The molecule has 0 saturated heterocycles. The van der Waals surface area contributed by atoms with E-state index in [1.54, 1.807) is 6.21 Å². The lowest BCUT2D eigenvalue weighted by Crippen LogP contribution is -2.01. The van der Waals surface area contributed by atoms with E-state index in [0.29, 0.717) is 29.7 Å². The lowest BCUT2D eigenvalue weighted by Gasteiger charge is -2.15. The maximum Gasteiger partial charge on any atom is 0.175 e. The first-order valence-corrected chi connectivity index (χ1v) is 11.1. The second-order valence-electron chi connectivity index (χ2n) is 6.32. The highest BCUT2D eigenvalue weighted by Crippen LogP contribution is 2.37. The Hall–Kier alpha value is -1.82. The van der Waals surface area contributed by atoms with Gasteiger partial charge in [-0.25, -0.2) is 0 Å². The fourth-order valence-electron chi connectivity index (χ4n) is 2.68. The number of ether oxygens (including phenoxy) is 2. The first-order valence-electron chi connectivity index (χ1n) is 9.10. The highest BCUT2D eigenvalue weighted by Gasteiger charge is 2.12. The molecule has 29 heavy (non-hydrogen) atoms. The quantitative estimate of drug-likeness (QED) is 0.287. The molecule has 0 bridgehead atoms. The van der Waals surface area contributed by atoms with Crippen molar-refractivity contribution in [3.8, 4) is 11.5 Å². The molecule has 3 aromatic carbocycles. The summed E-state index contributed by atoms with van der Waals surface area (Å²) in [5.74, 6) is 1.34. The molecule has 0 spiro atoms. The van der Waals surface area contributed by atoms with Gasteiger partial charge in [0.2, 0.25) is 0 Å². The Balaban J connectivity index is 1.84. The summed E-state index contributed by atoms with van der Waals surface area (Å²) in [4.78, 5) is 4.58. The van der Waals surface area contributed by atoms with Gasteiger partial charge in [-0.2, -0.15) is 0 Å². The van der Waals surface area contributed by atoms with Crippen molar-refractivity contribution in [2.24, 2.45) is 4.99 Å². The number of aliphatic imine (C=N–C) groups is 1. The zero-order valence-electron chi connectivity index (χ0n) is 16.1. The second kappa shape index (κ2) is 10.3. The fourth-order valence-corrected chi connectivity index (χ4v) is 3.69. The van der Waals surface area contributed by atoms with Crippen LogP contribution in [0.1, 0.15) is 23.6 Å². The smallest absolute Gasteiger partial charge is 0.175 e. The molecule has 3 rings (SSSR count). The standard InChI is InChI=1S/C23H20Br2ClNO2/c1-3-28-22-12-17(13-27-21-6-4-5-20(26)15(21)2)11-19(25)23(22)29-14-16-7-9-18(24)10-8-16/h4-13H,3,14H2,1-2H3. The van der Waals surface area contributed by atoms with Gasteiger partial charge in [0.15, 0.2) is 11.5 Å². The van der Waals surface area contributed by atoms with Crippen molar-refractivity contribution in [1.29, 1.82) is 0 Å². The summed E-state index contributed by atoms with van der Waals surface area (Å²) in [5.41, 5.74) is 3.76. The highest BCUT2D eigenvalue weighted by molar-refractivity contribution is 9.10. The first-order chi connectivity index (χ1) is 14.0. The van der Waals surface area contributed by atoms with Crippen LogP contribution in [-0.4, -0.2) is 12.8 Å². The van der Waals surface area contributed by atoms with E-state index in [-0.39, 0.29) is 0 Å². The van der Waals surface area contributed by atoms with Crippen molar-refractivity contribution in [2.75, 3.05) is 6.61 Å². The molecule has 0 N–H and O–H groups in total. The van der Waals surface area contributed by atoms with Gasteiger partial charge >= 0.3 is 0 Å². The van der Waals surface area contributed by atoms with Gasteiger partial charge < -0.3 is 9.47 Å². The Labute approximate surface area is 193 Å². The van der Waals surface area contributed by atoms with E-state index in [2.05, 4.69) is 36.9 Å². The van der Waals surface area contributed by atoms with E-state index in [4.69, 9.17) is 21.1 Å². The van der Waals surface area contributed by atoms with Crippen molar-refractivity contribution in [3.63, 3.8) is 0 Å². The molecule has 6 heteroatoms. The van der Waals surface area contributed by atoms with E-state index >= 15 is 0 Å². The Morgan fingerprint density at radius 3 is 2.52 bits per heavy atom. The van der Waals surface area contributed by atoms with Crippen LogP contribution in [0.5, 0.6) is 11.5 Å². The van der Waals surface area contributed by atoms with Gasteiger partial charge in [0.05, 0.1) is 16.8 Å². The van der Waals surface area contributed by atoms with Crippen LogP contribution in [0, 0.1) is 6.92 Å². The van der Waals surface area contributed by atoms with Gasteiger partial charge in [0.25, 0.3) is 0 Å². The van der Waals surface area contributed by atoms with Crippen molar-refractivity contribution < 1.29 is 9.47 Å². The number of benzene rings is 3. The van der Waals surface area contributed by atoms with Crippen molar-refractivity contribution >= 4 is 55.4 Å². The van der Waals surface area contributed by atoms with Crippen LogP contribution >= 0.6 is 43.5 Å². The molecule has 3 nitrogen and oxygen atoms in total. The third-order valence-corrected chi connectivity index (χ3v) is 5.75. The van der Waals surface area contributed by atoms with Crippen LogP contribution < -0.4 is 9.47 Å². The minimum atomic E-state index is 0.446. The first kappa shape index (κ1) is 21.9. The predicted octanol–water partition coefficient (Wildman–Crippen LogP) is 7.90. The second-order valence-corrected chi connectivity index (χ2v) is 8.50. The lowest BCUT2D eigenvalue weighted by atomic mass is 10.2. The van der Waals surface area contributed by atoms with Gasteiger partial charge in [-0.15, -0.1) is 0 Å². The summed E-state index contributed by atoms with van der Waals surface area (Å²) in [6, 6.07) is 17.6. The summed E-state index contributed by atoms with van der Waals surface area (Å²) in [6.07, 6.45) is 1.80. The average Bonchev–Trinajstić information content (AvgIpc) is 2.70. The van der Waals surface area contributed by atoms with Gasteiger partial charge in [0, 0.05) is 15.7 Å². The highest BCUT2D eigenvalue weighted by atomic mass is 79.9. The van der Waals surface area contributed by atoms with Crippen molar-refractivity contribution in [1.82, 2.24) is 0 Å². The SMILES string of the molecule is CCOc1cc(C=Nc2cccc(Cl)c2C)cc(Br)c1OCc1ccc(Br)cc1. The summed E-state index contributed by atoms with van der Waals surface area (Å²) >= 11 is 13.2. The minimum Gasteiger partial charge on any atom is -0.490 e. The van der Waals surface area contributed by atoms with E-state index in [0.717, 1.165) is 31.3 Å². The van der Waals surface area contributed by atoms with Gasteiger partial charge in [-0.05, 0) is 82.9 Å². The van der Waals surface area contributed by atoms with Crippen LogP contribution in [-0.2, 0) is 6.61 Å². The normalized spacial score (nSPS) is 11.1. The topological polar surface area (TPSA) is 30.8 Å². The summed E-state index contributed by atoms with van der Waals surface area (Å²) in [5, 5.41) is 0.701. The Morgan fingerprint density at radius 2 is 1.79 bits per heavy atom. The molecule has 3 aromatic rings. The number of hydrogen-bond acceptors (Lipinski definition) is 3. The van der Waals surface area contributed by atoms with Crippen LogP contribution in [0.2, 0.25) is 5.02 Å². The average molecular weight is 538 g/mol. The van der Waals surface area contributed by atoms with Gasteiger partial charge in [0.1, 0.15) is 6.61 Å². The molecular weight excluding hydrogens is 518 g/mol. The zero-order valence-corrected chi connectivity index (χ0v) is 20.0. The maximum atomic E-state index is 6.18. The molecule has 0 heterocycles. The largest absolute Gasteiger partial charge is 0.490 e. The minimum absolute atomic E-state index is 0.446. The molecule has 0 fully saturated rings. The lowest BCUT2D eigenvalue weighted by molar-refractivity contribution is 0.267. The number of nitrogens with zero attached hydrogens (tertiary/aromatic N) is 1. The molecule has 0 aromatic heterocycles. The van der Waals surface area contributed by atoms with E-state index in [1.165, 1.54) is 0 Å². The molecule has 0 amide bonds. The number of hydrogen-bond donors (Lipinski definition) is 0. The molecule has 0 radical (unpaired) electrons. The predicted molar refractivity (Wildman–Crippen MR) is 127 cm³/mol. The molecule has 0 aliphatic carbocycles. The van der Waals surface area contributed by atoms with E-state index < -0.39 is 0 Å². The van der Waals surface area contributed by atoms with Crippen molar-refractivity contribution in [2.45, 2.75) is 20.5 Å². The number of halogens is 3. The maximum absolute atomic E-state index is 6.18. The molecule has 0 aliphatic rings. The summed E-state index contributed by atoms with van der Waals surface area (Å²) < 4.78 is 13.7. The number of rotatable bonds is 7. The molecule has 0 atom stereocenters. The Kier molecular flexibility index (Phi) is 7.76. The zero-order chi connectivity index (χ0) is 20.8. The molecule has 0 unspecified atom stereocenters. The van der Waals surface area contributed by atoms with Gasteiger partial charge in [-0.3, -0.25) is 4.99 Å². The van der Waals surface area contributed by atoms with Crippen LogP contribution in [0.15, 0.2) is 68.5 Å².